The van der Waals surface area contributed by atoms with Crippen molar-refractivity contribution in [3.8, 4) is 5.75 Å². The highest BCUT2D eigenvalue weighted by Crippen LogP contribution is 2.25. The number of nitrogens with zero attached hydrogens (tertiary/aromatic N) is 1. The Labute approximate surface area is 95.3 Å². The van der Waals surface area contributed by atoms with E-state index in [2.05, 4.69) is 11.5 Å². The van der Waals surface area contributed by atoms with Crippen molar-refractivity contribution >= 4 is 11.5 Å². The van der Waals surface area contributed by atoms with E-state index in [1.54, 1.807) is 13.2 Å². The van der Waals surface area contributed by atoms with Crippen LogP contribution in [-0.4, -0.2) is 25.5 Å². The van der Waals surface area contributed by atoms with Crippen LogP contribution in [0.15, 0.2) is 36.9 Å². The van der Waals surface area contributed by atoms with E-state index in [1.807, 2.05) is 24.3 Å². The van der Waals surface area contributed by atoms with E-state index in [9.17, 15) is 4.79 Å². The van der Waals surface area contributed by atoms with Gasteiger partial charge in [-0.2, -0.15) is 0 Å². The molecule has 3 heteroatoms. The average molecular weight is 217 g/mol. The highest BCUT2D eigenvalue weighted by Gasteiger charge is 2.29. The van der Waals surface area contributed by atoms with Gasteiger partial charge < -0.3 is 9.64 Å². The lowest BCUT2D eigenvalue weighted by atomic mass is 10.2. The molecule has 1 aromatic rings. The van der Waals surface area contributed by atoms with Crippen molar-refractivity contribution in [1.29, 1.82) is 0 Å². The van der Waals surface area contributed by atoms with Gasteiger partial charge in [0, 0.05) is 18.7 Å². The van der Waals surface area contributed by atoms with Crippen molar-refractivity contribution in [3.63, 3.8) is 0 Å². The first-order valence-electron chi connectivity index (χ1n) is 5.32. The van der Waals surface area contributed by atoms with Gasteiger partial charge in [0.2, 0.25) is 0 Å². The van der Waals surface area contributed by atoms with E-state index in [-0.39, 0.29) is 11.8 Å². The van der Waals surface area contributed by atoms with Crippen molar-refractivity contribution in [2.24, 2.45) is 0 Å². The Kier molecular flexibility index (Phi) is 2.95. The van der Waals surface area contributed by atoms with E-state index >= 15 is 0 Å². The summed E-state index contributed by atoms with van der Waals surface area (Å²) in [6, 6.07) is 7.56. The zero-order chi connectivity index (χ0) is 11.5. The minimum Gasteiger partial charge on any atom is -0.497 e. The van der Waals surface area contributed by atoms with Gasteiger partial charge in [-0.15, -0.1) is 6.58 Å². The van der Waals surface area contributed by atoms with E-state index in [0.717, 1.165) is 18.0 Å². The first-order valence-corrected chi connectivity index (χ1v) is 5.32. The molecular weight excluding hydrogens is 202 g/mol. The van der Waals surface area contributed by atoms with Gasteiger partial charge in [0.15, 0.2) is 5.78 Å². The fourth-order valence-electron chi connectivity index (χ4n) is 2.01. The number of Topliss-reactive ketones (excluding diaryl/α,β-unsaturated/α-hetero) is 1. The van der Waals surface area contributed by atoms with Crippen LogP contribution in [0.5, 0.6) is 5.75 Å². The van der Waals surface area contributed by atoms with Crippen molar-refractivity contribution in [2.45, 2.75) is 12.5 Å². The highest BCUT2D eigenvalue weighted by atomic mass is 16.5. The van der Waals surface area contributed by atoms with Crippen molar-refractivity contribution in [3.05, 3.63) is 36.9 Å². The lowest BCUT2D eigenvalue weighted by Crippen LogP contribution is -2.30. The van der Waals surface area contributed by atoms with Gasteiger partial charge in [-0.25, -0.2) is 0 Å². The Morgan fingerprint density at radius 3 is 2.69 bits per heavy atom. The molecule has 0 radical (unpaired) electrons. The Morgan fingerprint density at radius 2 is 2.12 bits per heavy atom. The summed E-state index contributed by atoms with van der Waals surface area (Å²) in [4.78, 5) is 13.6. The third kappa shape index (κ3) is 1.81. The number of rotatable bonds is 3. The molecule has 0 N–H and O–H groups in total. The number of anilines is 1. The highest BCUT2D eigenvalue weighted by molar-refractivity contribution is 5.92. The Bertz CT molecular complexity index is 397. The van der Waals surface area contributed by atoms with Crippen LogP contribution in [0.2, 0.25) is 0 Å². The predicted octanol–water partition coefficient (Wildman–Crippen LogP) is 2.03. The fourth-order valence-corrected chi connectivity index (χ4v) is 2.01. The maximum Gasteiger partial charge on any atom is 0.160 e. The number of hydrogen-bond donors (Lipinski definition) is 0. The predicted molar refractivity (Wildman–Crippen MR) is 63.9 cm³/mol. The molecule has 0 saturated carbocycles. The molecule has 1 unspecified atom stereocenters. The standard InChI is InChI=1S/C13H15NO2/c1-3-12-13(15)8-9-14(12)10-4-6-11(16-2)7-5-10/h3-7,12H,1,8-9H2,2H3. The molecule has 1 fully saturated rings. The molecule has 16 heavy (non-hydrogen) atoms. The molecule has 84 valence electrons. The second kappa shape index (κ2) is 4.39. The second-order valence-corrected chi connectivity index (χ2v) is 3.79. The molecule has 1 atom stereocenters. The molecule has 1 aromatic carbocycles. The third-order valence-electron chi connectivity index (χ3n) is 2.89. The minimum absolute atomic E-state index is 0.173. The lowest BCUT2D eigenvalue weighted by molar-refractivity contribution is -0.117. The number of methoxy groups -OCH3 is 1. The number of carbonyl (C=O) groups excluding carboxylic acids is 1. The molecule has 0 bridgehead atoms. The SMILES string of the molecule is C=CC1C(=O)CCN1c1ccc(OC)cc1. The molecule has 1 heterocycles. The molecule has 0 aromatic heterocycles. The summed E-state index contributed by atoms with van der Waals surface area (Å²) < 4.78 is 5.10. The number of ether oxygens (including phenoxy) is 1. The van der Waals surface area contributed by atoms with E-state index in [1.165, 1.54) is 0 Å². The van der Waals surface area contributed by atoms with Gasteiger partial charge in [0.25, 0.3) is 0 Å². The Balaban J connectivity index is 2.23. The number of benzene rings is 1. The molecule has 1 saturated heterocycles. The second-order valence-electron chi connectivity index (χ2n) is 3.79. The summed E-state index contributed by atoms with van der Waals surface area (Å²) in [5.41, 5.74) is 1.04. The van der Waals surface area contributed by atoms with Crippen LogP contribution in [0.3, 0.4) is 0 Å². The third-order valence-corrected chi connectivity index (χ3v) is 2.89. The summed E-state index contributed by atoms with van der Waals surface area (Å²) in [5, 5.41) is 0. The van der Waals surface area contributed by atoms with E-state index < -0.39 is 0 Å². The van der Waals surface area contributed by atoms with Gasteiger partial charge in [0.1, 0.15) is 11.8 Å². The largest absolute Gasteiger partial charge is 0.497 e. The van der Waals surface area contributed by atoms with Gasteiger partial charge in [0.05, 0.1) is 7.11 Å². The van der Waals surface area contributed by atoms with Crippen LogP contribution < -0.4 is 9.64 Å². The summed E-state index contributed by atoms with van der Waals surface area (Å²) in [7, 11) is 1.64. The molecule has 1 aliphatic heterocycles. The number of ketones is 1. The first-order chi connectivity index (χ1) is 7.76. The van der Waals surface area contributed by atoms with Crippen LogP contribution in [0.4, 0.5) is 5.69 Å². The summed E-state index contributed by atoms with van der Waals surface area (Å²) in [5.74, 6) is 1.07. The maximum atomic E-state index is 11.6. The zero-order valence-corrected chi connectivity index (χ0v) is 9.35. The van der Waals surface area contributed by atoms with Crippen LogP contribution in [0, 0.1) is 0 Å². The number of carbonyl (C=O) groups is 1. The molecule has 2 rings (SSSR count). The Hall–Kier alpha value is -1.77. The quantitative estimate of drug-likeness (QED) is 0.725. The van der Waals surface area contributed by atoms with Crippen LogP contribution in [-0.2, 0) is 4.79 Å². The van der Waals surface area contributed by atoms with Crippen LogP contribution in [0.25, 0.3) is 0 Å². The molecule has 1 aliphatic rings. The maximum absolute atomic E-state index is 11.6. The summed E-state index contributed by atoms with van der Waals surface area (Å²) >= 11 is 0. The van der Waals surface area contributed by atoms with Gasteiger partial charge in [-0.05, 0) is 24.3 Å². The summed E-state index contributed by atoms with van der Waals surface area (Å²) in [6.45, 7) is 4.48. The summed E-state index contributed by atoms with van der Waals surface area (Å²) in [6.07, 6.45) is 2.31. The topological polar surface area (TPSA) is 29.5 Å². The first kappa shape index (κ1) is 10.7. The van der Waals surface area contributed by atoms with Gasteiger partial charge in [-0.3, -0.25) is 4.79 Å². The molecular formula is C13H15NO2. The van der Waals surface area contributed by atoms with Crippen molar-refractivity contribution in [2.75, 3.05) is 18.6 Å². The molecule has 3 nitrogen and oxygen atoms in total. The van der Waals surface area contributed by atoms with E-state index in [0.29, 0.717) is 6.42 Å². The molecule has 0 amide bonds. The average Bonchev–Trinajstić information content (AvgIpc) is 2.70. The van der Waals surface area contributed by atoms with Gasteiger partial charge in [-0.1, -0.05) is 6.08 Å². The Morgan fingerprint density at radius 1 is 1.44 bits per heavy atom. The minimum atomic E-state index is -0.173. The monoisotopic (exact) mass is 217 g/mol. The van der Waals surface area contributed by atoms with Crippen molar-refractivity contribution in [1.82, 2.24) is 0 Å². The smallest absolute Gasteiger partial charge is 0.160 e. The van der Waals surface area contributed by atoms with E-state index in [4.69, 9.17) is 4.74 Å². The van der Waals surface area contributed by atoms with Crippen LogP contribution in [0.1, 0.15) is 6.42 Å². The van der Waals surface area contributed by atoms with Crippen molar-refractivity contribution < 1.29 is 9.53 Å². The van der Waals surface area contributed by atoms with Gasteiger partial charge >= 0.3 is 0 Å². The van der Waals surface area contributed by atoms with Crippen LogP contribution >= 0.6 is 0 Å². The normalized spacial score (nSPS) is 19.9. The lowest BCUT2D eigenvalue weighted by Gasteiger charge is -2.23. The fraction of sp³-hybridized carbons (Fsp3) is 0.308. The number of hydrogen-bond acceptors (Lipinski definition) is 3. The molecule has 0 aliphatic carbocycles. The molecule has 0 spiro atoms. The zero-order valence-electron chi connectivity index (χ0n) is 9.35.